The van der Waals surface area contributed by atoms with Crippen molar-refractivity contribution in [3.8, 4) is 20.9 Å². The Kier molecular flexibility index (Phi) is 4.47. The summed E-state index contributed by atoms with van der Waals surface area (Å²) in [6.07, 6.45) is 1.01. The summed E-state index contributed by atoms with van der Waals surface area (Å²) in [5.74, 6) is -0.900. The summed E-state index contributed by atoms with van der Waals surface area (Å²) >= 11 is 10.9. The first-order chi connectivity index (χ1) is 13.5. The number of rotatable bonds is 3. The Morgan fingerprint density at radius 3 is 1.64 bits per heavy atom. The minimum atomic E-state index is -0.450. The Bertz CT molecular complexity index is 1230. The maximum absolute atomic E-state index is 13.1. The molecule has 1 aromatic carbocycles. The van der Waals surface area contributed by atoms with Crippen LogP contribution in [0.2, 0.25) is 0 Å². The van der Waals surface area contributed by atoms with Gasteiger partial charge in [0.25, 0.3) is 0 Å². The number of fused-ring (bicyclic) bond motifs is 2. The van der Waals surface area contributed by atoms with Crippen LogP contribution in [0.25, 0.3) is 31.9 Å². The van der Waals surface area contributed by atoms with Crippen molar-refractivity contribution in [1.29, 1.82) is 0 Å². The first-order valence-corrected chi connectivity index (χ1v) is 11.7. The van der Waals surface area contributed by atoms with Gasteiger partial charge in [-0.1, -0.05) is 0 Å². The van der Waals surface area contributed by atoms with Crippen molar-refractivity contribution >= 4 is 103 Å². The summed E-state index contributed by atoms with van der Waals surface area (Å²) in [6.45, 7) is 0. The van der Waals surface area contributed by atoms with E-state index in [1.165, 1.54) is 22.7 Å². The van der Waals surface area contributed by atoms with Gasteiger partial charge in [-0.05, 0) is 0 Å². The van der Waals surface area contributed by atoms with E-state index < -0.39 is 11.8 Å². The zero-order chi connectivity index (χ0) is 19.6. The average molecular weight is 550 g/mol. The number of carbonyl (C=O) groups excluding carboxylic acids is 2. The Morgan fingerprint density at radius 1 is 0.821 bits per heavy atom. The van der Waals surface area contributed by atoms with E-state index in [-0.39, 0.29) is 0 Å². The summed E-state index contributed by atoms with van der Waals surface area (Å²) in [7, 11) is 5.60. The SMILES string of the molecule is [B]=CN1C(=O)c2c(c(-c3ccc(Br)s3)c3nsnc3c2-c2ccc(Br)s2)C1=O. The van der Waals surface area contributed by atoms with E-state index in [0.717, 1.165) is 40.0 Å². The van der Waals surface area contributed by atoms with Gasteiger partial charge in [0.1, 0.15) is 0 Å². The van der Waals surface area contributed by atoms with Crippen molar-refractivity contribution in [1.82, 2.24) is 13.6 Å². The normalized spacial score (nSPS) is 13.5. The molecule has 0 atom stereocenters. The molecule has 4 aromatic rings. The first kappa shape index (κ1) is 18.5. The molecule has 3 aromatic heterocycles. The van der Waals surface area contributed by atoms with Crippen molar-refractivity contribution in [2.45, 2.75) is 0 Å². The van der Waals surface area contributed by atoms with Crippen molar-refractivity contribution in [2.75, 3.05) is 0 Å². The Morgan fingerprint density at radius 2 is 1.29 bits per heavy atom. The van der Waals surface area contributed by atoms with E-state index in [2.05, 4.69) is 40.6 Å². The van der Waals surface area contributed by atoms with E-state index >= 15 is 0 Å². The second-order valence-corrected chi connectivity index (χ2v) is 11.3. The van der Waals surface area contributed by atoms with Crippen LogP contribution in [0.1, 0.15) is 20.7 Å². The van der Waals surface area contributed by atoms with Crippen LogP contribution >= 0.6 is 66.3 Å². The molecule has 11 heteroatoms. The second-order valence-electron chi connectivity index (χ2n) is 5.80. The number of benzene rings is 1. The molecule has 0 unspecified atom stereocenters. The van der Waals surface area contributed by atoms with Crippen molar-refractivity contribution in [2.24, 2.45) is 0 Å². The number of nitrogens with zero attached hydrogens (tertiary/aromatic N) is 3. The first-order valence-electron chi connectivity index (χ1n) is 7.78. The Balaban J connectivity index is 1.98. The van der Waals surface area contributed by atoms with Crippen molar-refractivity contribution in [3.63, 3.8) is 0 Å². The molecular formula is C17H5BBr2N3O2S3. The third-order valence-corrected chi connectivity index (χ3v) is 8.18. The third kappa shape index (κ3) is 2.57. The molecule has 0 saturated carbocycles. The Hall–Kier alpha value is -1.53. The van der Waals surface area contributed by atoms with E-state index in [0.29, 0.717) is 33.3 Å². The van der Waals surface area contributed by atoms with Crippen LogP contribution in [0.3, 0.4) is 0 Å². The average Bonchev–Trinajstić information content (AvgIpc) is 3.43. The molecule has 5 nitrogen and oxygen atoms in total. The topological polar surface area (TPSA) is 63.2 Å². The summed E-state index contributed by atoms with van der Waals surface area (Å²) in [5.41, 5.74) is 3.10. The van der Waals surface area contributed by atoms with E-state index in [1.54, 1.807) is 0 Å². The fourth-order valence-electron chi connectivity index (χ4n) is 3.28. The predicted molar refractivity (Wildman–Crippen MR) is 122 cm³/mol. The van der Waals surface area contributed by atoms with Crippen LogP contribution < -0.4 is 0 Å². The molecule has 0 aliphatic carbocycles. The molecule has 1 aliphatic heterocycles. The minimum absolute atomic E-state index is 0.320. The molecule has 28 heavy (non-hydrogen) atoms. The molecule has 0 spiro atoms. The van der Waals surface area contributed by atoms with Gasteiger partial charge < -0.3 is 0 Å². The Labute approximate surface area is 188 Å². The van der Waals surface area contributed by atoms with Crippen molar-refractivity contribution < 1.29 is 9.59 Å². The van der Waals surface area contributed by atoms with Gasteiger partial charge in [0.2, 0.25) is 0 Å². The van der Waals surface area contributed by atoms with Crippen LogP contribution in [-0.4, -0.2) is 39.0 Å². The number of hydrogen-bond acceptors (Lipinski definition) is 7. The molecule has 0 N–H and O–H groups in total. The zero-order valence-corrected chi connectivity index (χ0v) is 19.2. The van der Waals surface area contributed by atoms with Gasteiger partial charge in [-0.3, -0.25) is 0 Å². The number of amides is 2. The monoisotopic (exact) mass is 548 g/mol. The summed E-state index contributed by atoms with van der Waals surface area (Å²) in [5, 5.41) is 0. The zero-order valence-electron chi connectivity index (χ0n) is 13.6. The van der Waals surface area contributed by atoms with Crippen LogP contribution in [0.4, 0.5) is 0 Å². The second kappa shape index (κ2) is 6.77. The van der Waals surface area contributed by atoms with Gasteiger partial charge in [-0.2, -0.15) is 0 Å². The van der Waals surface area contributed by atoms with E-state index in [9.17, 15) is 9.59 Å². The van der Waals surface area contributed by atoms with Gasteiger partial charge in [-0.15, -0.1) is 0 Å². The maximum atomic E-state index is 13.1. The van der Waals surface area contributed by atoms with Gasteiger partial charge >= 0.3 is 190 Å². The number of carbonyl (C=O) groups is 2. The van der Waals surface area contributed by atoms with Crippen LogP contribution in [0, 0.1) is 0 Å². The molecule has 135 valence electrons. The van der Waals surface area contributed by atoms with E-state index in [1.807, 2.05) is 24.3 Å². The molecule has 1 aliphatic rings. The van der Waals surface area contributed by atoms with Crippen molar-refractivity contribution in [3.05, 3.63) is 43.0 Å². The fourth-order valence-corrected chi connectivity index (χ4v) is 6.71. The van der Waals surface area contributed by atoms with Gasteiger partial charge in [0.15, 0.2) is 0 Å². The molecule has 2 amide bonds. The molecule has 0 fully saturated rings. The molecule has 0 bridgehead atoms. The standard InChI is InChI=1S/C17H5BBr2N3O2S3/c18-5-23-16(24)12-10(6-1-3-8(19)26-6)14-15(22-28-21-14)11(13(12)17(23)25)7-2-4-9(20)27-7/h1-5H. The van der Waals surface area contributed by atoms with Gasteiger partial charge in [0.05, 0.1) is 0 Å². The molecule has 4 heterocycles. The summed E-state index contributed by atoms with van der Waals surface area (Å²) in [6, 6.07) is 7.60. The third-order valence-electron chi connectivity index (χ3n) is 4.37. The van der Waals surface area contributed by atoms with Crippen LogP contribution in [-0.2, 0) is 0 Å². The van der Waals surface area contributed by atoms with Crippen LogP contribution in [0.15, 0.2) is 31.8 Å². The molecule has 1 radical (unpaired) electrons. The van der Waals surface area contributed by atoms with Gasteiger partial charge in [-0.25, -0.2) is 0 Å². The summed E-state index contributed by atoms with van der Waals surface area (Å²) in [4.78, 5) is 28.9. The quantitative estimate of drug-likeness (QED) is 0.260. The summed E-state index contributed by atoms with van der Waals surface area (Å²) < 4.78 is 10.8. The fraction of sp³-hybridized carbons (Fsp3) is 0. The number of hydrogen-bond donors (Lipinski definition) is 0. The molecule has 5 rings (SSSR count). The number of halogens is 2. The van der Waals surface area contributed by atoms with Gasteiger partial charge in [0, 0.05) is 0 Å². The number of aromatic nitrogens is 2. The number of imide groups is 1. The van der Waals surface area contributed by atoms with E-state index in [4.69, 9.17) is 7.49 Å². The molecular weight excluding hydrogens is 545 g/mol. The van der Waals surface area contributed by atoms with Crippen LogP contribution in [0.5, 0.6) is 0 Å². The molecule has 0 saturated heterocycles. The predicted octanol–water partition coefficient (Wildman–Crippen LogP) is 5.20. The number of thiophene rings is 2.